The van der Waals surface area contributed by atoms with Crippen molar-refractivity contribution < 1.29 is 22.8 Å². The summed E-state index contributed by atoms with van der Waals surface area (Å²) in [5.41, 5.74) is 0.882. The van der Waals surface area contributed by atoms with Crippen LogP contribution in [0.5, 0.6) is 0 Å². The number of carbonyl (C=O) groups is 2. The summed E-state index contributed by atoms with van der Waals surface area (Å²) in [4.78, 5) is 33.6. The van der Waals surface area contributed by atoms with Crippen LogP contribution in [-0.4, -0.2) is 87.6 Å². The Hall–Kier alpha value is -4.47. The number of terminal acetylenes is 1. The molecule has 1 aromatic heterocycles. The van der Waals surface area contributed by atoms with E-state index in [1.807, 2.05) is 46.7 Å². The number of rotatable bonds is 9. The number of nitrogens with zero attached hydrogens (tertiary/aromatic N) is 7. The van der Waals surface area contributed by atoms with Gasteiger partial charge in [-0.2, -0.15) is 13.2 Å². The molecule has 2 amide bonds. The number of halogens is 3. The van der Waals surface area contributed by atoms with Crippen LogP contribution in [-0.2, 0) is 36.5 Å². The van der Waals surface area contributed by atoms with Gasteiger partial charge in [-0.25, -0.2) is 0 Å². The van der Waals surface area contributed by atoms with Crippen LogP contribution in [0.15, 0.2) is 54.9 Å². The Morgan fingerprint density at radius 1 is 1.17 bits per heavy atom. The summed E-state index contributed by atoms with van der Waals surface area (Å²) in [5, 5.41) is 8.49. The predicted octanol–water partition coefficient (Wildman–Crippen LogP) is 4.48. The number of fused-ring (bicyclic) bond motifs is 1. The molecule has 3 aliphatic rings. The summed E-state index contributed by atoms with van der Waals surface area (Å²) in [5.74, 6) is 3.32. The molecule has 6 rings (SSSR count). The van der Waals surface area contributed by atoms with E-state index >= 15 is 0 Å². The number of likely N-dealkylation sites (N-methyl/N-ethyl adjacent to an activating group) is 1. The smallest absolute Gasteiger partial charge is 0.337 e. The Morgan fingerprint density at radius 3 is 2.56 bits per heavy atom. The van der Waals surface area contributed by atoms with Gasteiger partial charge >= 0.3 is 6.18 Å². The van der Waals surface area contributed by atoms with Gasteiger partial charge in [-0.3, -0.25) is 19.4 Å². The molecule has 2 aliphatic heterocycles. The minimum atomic E-state index is -4.62. The van der Waals surface area contributed by atoms with Crippen molar-refractivity contribution in [2.24, 2.45) is 13.0 Å². The van der Waals surface area contributed by atoms with Gasteiger partial charge in [-0.05, 0) is 66.8 Å². The number of aryl methyl sites for hydroxylation is 1. The second kappa shape index (κ2) is 13.2. The lowest BCUT2D eigenvalue weighted by Gasteiger charge is -2.46. The summed E-state index contributed by atoms with van der Waals surface area (Å²) >= 11 is 0. The van der Waals surface area contributed by atoms with Crippen molar-refractivity contribution in [3.8, 4) is 12.3 Å². The largest absolute Gasteiger partial charge is 0.416 e. The lowest BCUT2D eigenvalue weighted by Crippen LogP contribution is -2.47. The van der Waals surface area contributed by atoms with Crippen LogP contribution < -0.4 is 4.90 Å². The van der Waals surface area contributed by atoms with Gasteiger partial charge < -0.3 is 14.4 Å². The maximum atomic E-state index is 14.5. The standard InChI is InChI=1S/C36H40F3N7O2/c1-5-11-42(3)12-7-10-32(47)45-15-13-44(14-16-45)22-26-17-29-30(31(18-26)36(37,38)39)23-46(33(29)48)28-9-6-8-27(19-28)35(20-25(2)21-35)34-41-40-24-43(34)4/h1,6-10,17-19,24-25H,11-16,20-23H2,2-4H3/b10-7+. The van der Waals surface area contributed by atoms with Gasteiger partial charge in [-0.15, -0.1) is 16.6 Å². The van der Waals surface area contributed by atoms with Gasteiger partial charge in [0.05, 0.1) is 24.1 Å². The van der Waals surface area contributed by atoms with Crippen molar-refractivity contribution >= 4 is 17.5 Å². The number of piperazine rings is 1. The average Bonchev–Trinajstić information content (AvgIpc) is 3.61. The molecule has 252 valence electrons. The first-order valence-electron chi connectivity index (χ1n) is 16.2. The molecular formula is C36H40F3N7O2. The molecule has 0 N–H and O–H groups in total. The Balaban J connectivity index is 1.18. The Bertz CT molecular complexity index is 1760. The van der Waals surface area contributed by atoms with Crippen molar-refractivity contribution in [2.45, 2.75) is 44.4 Å². The van der Waals surface area contributed by atoms with Crippen LogP contribution in [0.4, 0.5) is 18.9 Å². The first kappa shape index (κ1) is 33.4. The van der Waals surface area contributed by atoms with Crippen molar-refractivity contribution in [3.63, 3.8) is 0 Å². The summed E-state index contributed by atoms with van der Waals surface area (Å²) in [6, 6.07) is 10.3. The maximum absolute atomic E-state index is 14.5. The third-order valence-electron chi connectivity index (χ3n) is 9.78. The fourth-order valence-corrected chi connectivity index (χ4v) is 7.43. The van der Waals surface area contributed by atoms with Gasteiger partial charge in [0.25, 0.3) is 5.91 Å². The van der Waals surface area contributed by atoms with E-state index in [2.05, 4.69) is 23.0 Å². The zero-order valence-corrected chi connectivity index (χ0v) is 27.5. The van der Waals surface area contributed by atoms with Gasteiger partial charge in [0.2, 0.25) is 5.91 Å². The summed E-state index contributed by atoms with van der Waals surface area (Å²) in [7, 11) is 3.77. The molecule has 2 aromatic carbocycles. The highest BCUT2D eigenvalue weighted by Crippen LogP contribution is 2.52. The molecule has 0 atom stereocenters. The Morgan fingerprint density at radius 2 is 1.92 bits per heavy atom. The van der Waals surface area contributed by atoms with Crippen molar-refractivity contribution in [3.05, 3.63) is 88.5 Å². The van der Waals surface area contributed by atoms with Gasteiger partial charge in [-0.1, -0.05) is 31.1 Å². The van der Waals surface area contributed by atoms with Crippen LogP contribution in [0.2, 0.25) is 0 Å². The molecule has 0 spiro atoms. The van der Waals surface area contributed by atoms with Crippen LogP contribution in [0, 0.1) is 18.3 Å². The van der Waals surface area contributed by atoms with E-state index in [0.717, 1.165) is 24.2 Å². The molecule has 3 aromatic rings. The third-order valence-corrected chi connectivity index (χ3v) is 9.78. The van der Waals surface area contributed by atoms with Crippen molar-refractivity contribution in [2.75, 3.05) is 51.2 Å². The van der Waals surface area contributed by atoms with E-state index < -0.39 is 17.6 Å². The molecule has 48 heavy (non-hydrogen) atoms. The first-order valence-corrected chi connectivity index (χ1v) is 16.2. The number of hydrogen-bond acceptors (Lipinski definition) is 6. The summed E-state index contributed by atoms with van der Waals surface area (Å²) in [6.07, 6.45) is 7.39. The van der Waals surface area contributed by atoms with Crippen molar-refractivity contribution in [1.29, 1.82) is 0 Å². The number of anilines is 1. The van der Waals surface area contributed by atoms with E-state index in [1.165, 1.54) is 17.0 Å². The molecule has 12 heteroatoms. The monoisotopic (exact) mass is 659 g/mol. The highest BCUT2D eigenvalue weighted by atomic mass is 19.4. The molecule has 0 radical (unpaired) electrons. The van der Waals surface area contributed by atoms with Crippen molar-refractivity contribution in [1.82, 2.24) is 29.5 Å². The molecule has 1 aliphatic carbocycles. The molecule has 3 heterocycles. The second-order valence-corrected chi connectivity index (χ2v) is 13.4. The summed E-state index contributed by atoms with van der Waals surface area (Å²) < 4.78 is 45.3. The number of benzene rings is 2. The molecular weight excluding hydrogens is 619 g/mol. The van der Waals surface area contributed by atoms with Crippen LogP contribution in [0.1, 0.15) is 58.2 Å². The minimum absolute atomic E-state index is 0.00275. The minimum Gasteiger partial charge on any atom is -0.337 e. The lowest BCUT2D eigenvalue weighted by atomic mass is 9.58. The normalized spacial score (nSPS) is 21.5. The number of alkyl halides is 3. The second-order valence-electron chi connectivity index (χ2n) is 13.4. The fraction of sp³-hybridized carbons (Fsp3) is 0.444. The molecule has 2 fully saturated rings. The van der Waals surface area contributed by atoms with Crippen LogP contribution >= 0.6 is 0 Å². The molecule has 9 nitrogen and oxygen atoms in total. The number of carbonyl (C=O) groups excluding carboxylic acids is 2. The number of aromatic nitrogens is 3. The van der Waals surface area contributed by atoms with E-state index in [0.29, 0.717) is 56.4 Å². The topological polar surface area (TPSA) is 77.8 Å². The molecule has 1 saturated heterocycles. The number of amides is 2. The van der Waals surface area contributed by atoms with E-state index in [1.54, 1.807) is 29.4 Å². The first-order chi connectivity index (χ1) is 22.9. The van der Waals surface area contributed by atoms with Crippen LogP contribution in [0.25, 0.3) is 0 Å². The predicted molar refractivity (Wildman–Crippen MR) is 176 cm³/mol. The van der Waals surface area contributed by atoms with Gasteiger partial charge in [0.1, 0.15) is 12.2 Å². The molecule has 0 unspecified atom stereocenters. The lowest BCUT2D eigenvalue weighted by molar-refractivity contribution is -0.138. The van der Waals surface area contributed by atoms with E-state index in [4.69, 9.17) is 6.42 Å². The molecule has 0 bridgehead atoms. The molecule has 1 saturated carbocycles. The van der Waals surface area contributed by atoms with Crippen LogP contribution in [0.3, 0.4) is 0 Å². The quantitative estimate of drug-likeness (QED) is 0.249. The zero-order valence-electron chi connectivity index (χ0n) is 27.5. The fourth-order valence-electron chi connectivity index (χ4n) is 7.43. The van der Waals surface area contributed by atoms with E-state index in [9.17, 15) is 22.8 Å². The Labute approximate surface area is 279 Å². The highest BCUT2D eigenvalue weighted by molar-refractivity contribution is 6.10. The average molecular weight is 660 g/mol. The van der Waals surface area contributed by atoms with Gasteiger partial charge in [0.15, 0.2) is 0 Å². The van der Waals surface area contributed by atoms with E-state index in [-0.39, 0.29) is 35.5 Å². The number of hydrogen-bond donors (Lipinski definition) is 0. The highest BCUT2D eigenvalue weighted by Gasteiger charge is 2.48. The Kier molecular flexibility index (Phi) is 9.20. The maximum Gasteiger partial charge on any atom is 0.416 e. The summed E-state index contributed by atoms with van der Waals surface area (Å²) in [6.45, 7) is 5.23. The zero-order chi connectivity index (χ0) is 34.2. The third kappa shape index (κ3) is 6.49. The van der Waals surface area contributed by atoms with Gasteiger partial charge in [0, 0.05) is 63.6 Å². The SMILES string of the molecule is C#CCN(C)C/C=C/C(=O)N1CCN(Cc2cc3c(c(C(F)(F)F)c2)CN(c2cccc(C4(c5nncn5C)CC(C)C4)c2)C3=O)CC1.